The van der Waals surface area contributed by atoms with Crippen LogP contribution in [0, 0.1) is 29.6 Å². The van der Waals surface area contributed by atoms with Crippen LogP contribution in [0.3, 0.4) is 0 Å². The highest BCUT2D eigenvalue weighted by molar-refractivity contribution is 6.08. The van der Waals surface area contributed by atoms with E-state index in [1.807, 2.05) is 47.6 Å². The third-order valence-electron chi connectivity index (χ3n) is 8.83. The summed E-state index contributed by atoms with van der Waals surface area (Å²) in [6, 6.07) is 2.94. The fourth-order valence-corrected chi connectivity index (χ4v) is 7.46. The largest absolute Gasteiger partial charge is 0.508 e. The number of allylic oxidation sites excluding steroid dienone is 2. The van der Waals surface area contributed by atoms with Gasteiger partial charge in [-0.3, -0.25) is 29.0 Å². The number of likely N-dealkylation sites (tertiary alicyclic amines) is 2. The summed E-state index contributed by atoms with van der Waals surface area (Å²) in [6.45, 7) is 11.0. The second kappa shape index (κ2) is 8.83. The molecule has 39 heavy (non-hydrogen) atoms. The van der Waals surface area contributed by atoms with Gasteiger partial charge in [-0.2, -0.15) is 0 Å². The van der Waals surface area contributed by atoms with Gasteiger partial charge in [-0.1, -0.05) is 11.6 Å². The Morgan fingerprint density at radius 2 is 1.23 bits per heavy atom. The van der Waals surface area contributed by atoms with Crippen LogP contribution in [0.5, 0.6) is 17.2 Å². The molecule has 1 aromatic rings. The summed E-state index contributed by atoms with van der Waals surface area (Å²) in [5.41, 5.74) is 0.00859. The lowest BCUT2D eigenvalue weighted by Crippen LogP contribution is -2.47. The molecule has 2 saturated heterocycles. The number of imide groups is 2. The minimum Gasteiger partial charge on any atom is -0.508 e. The molecule has 6 atom stereocenters. The standard InChI is InChI=1S/C30H38N2O7/c1-29(2,3)31-25(34)16-10-9-15-17(21(16)27(31)36)13-18-23(28(37)32(26(18)35)30(4,5)6)22(15)24-19(38-7)11-14(33)12-20(24)39-8/h9,11-12,16-18,21-23,33H,10,13H2,1-8H3/t16-,17+,18+,21-,22-,23+/m0/s1. The van der Waals surface area contributed by atoms with Crippen molar-refractivity contribution in [3.05, 3.63) is 29.3 Å². The van der Waals surface area contributed by atoms with Crippen molar-refractivity contribution in [2.24, 2.45) is 29.6 Å². The Bertz CT molecular complexity index is 1280. The zero-order chi connectivity index (χ0) is 28.8. The third-order valence-corrected chi connectivity index (χ3v) is 8.83. The molecule has 0 radical (unpaired) electrons. The molecule has 1 saturated carbocycles. The highest BCUT2D eigenvalue weighted by Gasteiger charge is 2.64. The van der Waals surface area contributed by atoms with Crippen LogP contribution in [0.25, 0.3) is 0 Å². The number of carbonyl (C=O) groups is 4. The number of ether oxygens (including phenoxy) is 2. The Morgan fingerprint density at radius 3 is 1.72 bits per heavy atom. The van der Waals surface area contributed by atoms with Crippen LogP contribution >= 0.6 is 0 Å². The van der Waals surface area contributed by atoms with Crippen LogP contribution < -0.4 is 9.47 Å². The fourth-order valence-electron chi connectivity index (χ4n) is 7.46. The molecule has 1 aromatic carbocycles. The molecule has 0 unspecified atom stereocenters. The molecule has 2 aliphatic heterocycles. The monoisotopic (exact) mass is 538 g/mol. The van der Waals surface area contributed by atoms with E-state index in [1.165, 1.54) is 36.2 Å². The number of phenols is 1. The van der Waals surface area contributed by atoms with Gasteiger partial charge < -0.3 is 14.6 Å². The fraction of sp³-hybridized carbons (Fsp3) is 0.600. The van der Waals surface area contributed by atoms with E-state index in [0.717, 1.165) is 5.57 Å². The molecule has 1 N–H and O–H groups in total. The van der Waals surface area contributed by atoms with Gasteiger partial charge in [0.2, 0.25) is 23.6 Å². The molecule has 4 aliphatic rings. The summed E-state index contributed by atoms with van der Waals surface area (Å²) in [7, 11) is 2.95. The third kappa shape index (κ3) is 3.87. The molecule has 2 heterocycles. The van der Waals surface area contributed by atoms with Gasteiger partial charge in [0.25, 0.3) is 0 Å². The number of rotatable bonds is 3. The summed E-state index contributed by atoms with van der Waals surface area (Å²) in [5, 5.41) is 10.3. The molecule has 2 aliphatic carbocycles. The van der Waals surface area contributed by atoms with Crippen molar-refractivity contribution in [3.63, 3.8) is 0 Å². The summed E-state index contributed by atoms with van der Waals surface area (Å²) < 4.78 is 11.4. The molecule has 0 aromatic heterocycles. The highest BCUT2D eigenvalue weighted by atomic mass is 16.5. The lowest BCUT2D eigenvalue weighted by Gasteiger charge is -2.44. The van der Waals surface area contributed by atoms with E-state index in [4.69, 9.17) is 9.47 Å². The SMILES string of the molecule is COc1cc(O)cc(OC)c1[C@H]1C2=CC[C@@H]3C(=O)N(C(C)(C)C)C(=O)[C@@H]3[C@@H]2C[C@H]2C(=O)N(C(C)(C)C)C(=O)[C@@H]12. The van der Waals surface area contributed by atoms with Crippen molar-refractivity contribution in [3.8, 4) is 17.2 Å². The molecule has 3 fully saturated rings. The van der Waals surface area contributed by atoms with E-state index >= 15 is 0 Å². The van der Waals surface area contributed by atoms with Crippen molar-refractivity contribution < 1.29 is 33.8 Å². The molecular weight excluding hydrogens is 500 g/mol. The number of methoxy groups -OCH3 is 2. The summed E-state index contributed by atoms with van der Waals surface area (Å²) in [6.07, 6.45) is 2.67. The smallest absolute Gasteiger partial charge is 0.234 e. The van der Waals surface area contributed by atoms with Crippen LogP contribution in [0.1, 0.15) is 65.9 Å². The highest BCUT2D eigenvalue weighted by Crippen LogP contribution is 2.61. The van der Waals surface area contributed by atoms with Crippen molar-refractivity contribution in [1.82, 2.24) is 9.80 Å². The van der Waals surface area contributed by atoms with Gasteiger partial charge in [0, 0.05) is 34.7 Å². The maximum atomic E-state index is 14.1. The van der Waals surface area contributed by atoms with Gasteiger partial charge in [0.05, 0.1) is 37.9 Å². The number of phenolic OH excluding ortho intramolecular Hbond substituents is 1. The number of carbonyl (C=O) groups excluding carboxylic acids is 4. The topological polar surface area (TPSA) is 113 Å². The van der Waals surface area contributed by atoms with Crippen LogP contribution in [0.2, 0.25) is 0 Å². The predicted octanol–water partition coefficient (Wildman–Crippen LogP) is 3.64. The van der Waals surface area contributed by atoms with Gasteiger partial charge in [-0.25, -0.2) is 0 Å². The Kier molecular flexibility index (Phi) is 6.16. The lowest BCUT2D eigenvalue weighted by molar-refractivity contribution is -0.147. The van der Waals surface area contributed by atoms with E-state index in [2.05, 4.69) is 0 Å². The Balaban J connectivity index is 1.73. The normalized spacial score (nSPS) is 30.7. The summed E-state index contributed by atoms with van der Waals surface area (Å²) >= 11 is 0. The number of amides is 4. The van der Waals surface area contributed by atoms with Crippen molar-refractivity contribution >= 4 is 23.6 Å². The predicted molar refractivity (Wildman–Crippen MR) is 142 cm³/mol. The molecule has 9 heteroatoms. The molecule has 0 spiro atoms. The Labute approximate surface area is 229 Å². The Hall–Kier alpha value is -3.36. The average Bonchev–Trinajstić information content (AvgIpc) is 3.25. The number of hydrogen-bond acceptors (Lipinski definition) is 7. The molecule has 210 valence electrons. The van der Waals surface area contributed by atoms with Gasteiger partial charge >= 0.3 is 0 Å². The first-order valence-corrected chi connectivity index (χ1v) is 13.5. The van der Waals surface area contributed by atoms with Crippen molar-refractivity contribution in [2.75, 3.05) is 14.2 Å². The number of benzene rings is 1. The van der Waals surface area contributed by atoms with E-state index in [0.29, 0.717) is 29.9 Å². The zero-order valence-corrected chi connectivity index (χ0v) is 23.9. The van der Waals surface area contributed by atoms with Gasteiger partial charge in [-0.05, 0) is 60.3 Å². The second-order valence-corrected chi connectivity index (χ2v) is 13.2. The number of aromatic hydroxyl groups is 1. The number of fused-ring (bicyclic) bond motifs is 4. The summed E-state index contributed by atoms with van der Waals surface area (Å²) in [5.74, 6) is -3.87. The van der Waals surface area contributed by atoms with Gasteiger partial charge in [-0.15, -0.1) is 0 Å². The minimum atomic E-state index is -0.733. The van der Waals surface area contributed by atoms with E-state index in [9.17, 15) is 24.3 Å². The summed E-state index contributed by atoms with van der Waals surface area (Å²) in [4.78, 5) is 58.0. The van der Waals surface area contributed by atoms with E-state index < -0.39 is 46.6 Å². The van der Waals surface area contributed by atoms with E-state index in [1.54, 1.807) is 0 Å². The number of nitrogens with zero attached hydrogens (tertiary/aromatic N) is 2. The molecular formula is C30H38N2O7. The van der Waals surface area contributed by atoms with Crippen LogP contribution in [0.15, 0.2) is 23.8 Å². The van der Waals surface area contributed by atoms with Gasteiger partial charge in [0.1, 0.15) is 17.2 Å². The first-order chi connectivity index (χ1) is 18.1. The quantitative estimate of drug-likeness (QED) is 0.462. The molecule has 0 bridgehead atoms. The molecule has 9 nitrogen and oxygen atoms in total. The first-order valence-electron chi connectivity index (χ1n) is 13.5. The van der Waals surface area contributed by atoms with Crippen LogP contribution in [-0.4, -0.2) is 63.8 Å². The number of hydrogen-bond donors (Lipinski definition) is 1. The van der Waals surface area contributed by atoms with Crippen molar-refractivity contribution in [1.29, 1.82) is 0 Å². The average molecular weight is 539 g/mol. The van der Waals surface area contributed by atoms with Crippen LogP contribution in [-0.2, 0) is 19.2 Å². The van der Waals surface area contributed by atoms with Crippen molar-refractivity contribution in [2.45, 2.75) is 71.4 Å². The Morgan fingerprint density at radius 1 is 0.744 bits per heavy atom. The zero-order valence-electron chi connectivity index (χ0n) is 23.9. The minimum absolute atomic E-state index is 0.0587. The van der Waals surface area contributed by atoms with E-state index in [-0.39, 0.29) is 29.4 Å². The maximum absolute atomic E-state index is 14.1. The van der Waals surface area contributed by atoms with Gasteiger partial charge in [0.15, 0.2) is 0 Å². The van der Waals surface area contributed by atoms with Crippen LogP contribution in [0.4, 0.5) is 0 Å². The maximum Gasteiger partial charge on any atom is 0.234 e. The molecule has 4 amide bonds. The second-order valence-electron chi connectivity index (χ2n) is 13.2. The lowest BCUT2D eigenvalue weighted by atomic mass is 9.57. The first kappa shape index (κ1) is 27.2. The molecule has 5 rings (SSSR count).